The van der Waals surface area contributed by atoms with Gasteiger partial charge in [0.15, 0.2) is 10.9 Å². The molecule has 25 heavy (non-hydrogen) atoms. The fourth-order valence-corrected chi connectivity index (χ4v) is 3.57. The van der Waals surface area contributed by atoms with Gasteiger partial charge in [-0.05, 0) is 31.2 Å². The molecule has 4 aromatic rings. The van der Waals surface area contributed by atoms with Crippen molar-refractivity contribution in [3.05, 3.63) is 69.7 Å². The van der Waals surface area contributed by atoms with Crippen LogP contribution in [0.3, 0.4) is 0 Å². The number of fused-ring (bicyclic) bond motifs is 1. The number of thiazole rings is 1. The SMILES string of the molecule is Cc1ccc(-c2csc(NC(=O)c3cc4cc(Br)ccc4o3)n2)cc1. The third-order valence-electron chi connectivity index (χ3n) is 3.77. The highest BCUT2D eigenvalue weighted by Gasteiger charge is 2.15. The molecule has 1 amide bonds. The van der Waals surface area contributed by atoms with Crippen LogP contribution in [-0.2, 0) is 0 Å². The topological polar surface area (TPSA) is 55.1 Å². The Morgan fingerprint density at radius 1 is 1.16 bits per heavy atom. The van der Waals surface area contributed by atoms with Gasteiger partial charge < -0.3 is 4.42 Å². The molecule has 124 valence electrons. The molecule has 0 atom stereocenters. The number of nitrogens with one attached hydrogen (secondary N) is 1. The second-order valence-corrected chi connectivity index (χ2v) is 7.42. The molecule has 2 heterocycles. The molecule has 0 spiro atoms. The largest absolute Gasteiger partial charge is 0.451 e. The Labute approximate surface area is 156 Å². The number of aryl methyl sites for hydroxylation is 1. The van der Waals surface area contributed by atoms with E-state index in [0.717, 1.165) is 21.1 Å². The van der Waals surface area contributed by atoms with Crippen LogP contribution in [0.2, 0.25) is 0 Å². The highest BCUT2D eigenvalue weighted by atomic mass is 79.9. The van der Waals surface area contributed by atoms with Crippen molar-refractivity contribution in [2.45, 2.75) is 6.92 Å². The normalized spacial score (nSPS) is 11.0. The highest BCUT2D eigenvalue weighted by molar-refractivity contribution is 9.10. The summed E-state index contributed by atoms with van der Waals surface area (Å²) in [5, 5.41) is 6.14. The van der Waals surface area contributed by atoms with E-state index >= 15 is 0 Å². The van der Waals surface area contributed by atoms with Gasteiger partial charge in [0, 0.05) is 20.8 Å². The second kappa shape index (κ2) is 6.46. The number of aromatic nitrogens is 1. The average molecular weight is 413 g/mol. The molecule has 0 saturated heterocycles. The maximum atomic E-state index is 12.4. The number of nitrogens with zero attached hydrogens (tertiary/aromatic N) is 1. The first-order chi connectivity index (χ1) is 12.1. The van der Waals surface area contributed by atoms with Gasteiger partial charge in [0.1, 0.15) is 5.58 Å². The summed E-state index contributed by atoms with van der Waals surface area (Å²) in [4.78, 5) is 16.9. The van der Waals surface area contributed by atoms with Crippen molar-refractivity contribution in [1.82, 2.24) is 4.98 Å². The zero-order valence-electron chi connectivity index (χ0n) is 13.2. The maximum absolute atomic E-state index is 12.4. The van der Waals surface area contributed by atoms with E-state index in [1.165, 1.54) is 16.9 Å². The Balaban J connectivity index is 1.55. The summed E-state index contributed by atoms with van der Waals surface area (Å²) in [5.74, 6) is -0.0442. The Bertz CT molecular complexity index is 1070. The van der Waals surface area contributed by atoms with E-state index in [1.807, 2.05) is 54.8 Å². The number of benzene rings is 2. The van der Waals surface area contributed by atoms with Gasteiger partial charge in [-0.3, -0.25) is 10.1 Å². The first kappa shape index (κ1) is 16.1. The summed E-state index contributed by atoms with van der Waals surface area (Å²) in [5.41, 5.74) is 3.74. The zero-order valence-corrected chi connectivity index (χ0v) is 15.6. The molecular weight excluding hydrogens is 400 g/mol. The van der Waals surface area contributed by atoms with E-state index in [1.54, 1.807) is 6.07 Å². The lowest BCUT2D eigenvalue weighted by atomic mass is 10.1. The molecule has 0 aliphatic rings. The summed E-state index contributed by atoms with van der Waals surface area (Å²) in [6.45, 7) is 2.04. The van der Waals surface area contributed by atoms with Gasteiger partial charge in [-0.15, -0.1) is 11.3 Å². The van der Waals surface area contributed by atoms with Crippen LogP contribution < -0.4 is 5.32 Å². The third-order valence-corrected chi connectivity index (χ3v) is 5.03. The summed E-state index contributed by atoms with van der Waals surface area (Å²) in [6.07, 6.45) is 0. The number of anilines is 1. The van der Waals surface area contributed by atoms with Crippen molar-refractivity contribution >= 4 is 49.3 Å². The minimum Gasteiger partial charge on any atom is -0.451 e. The summed E-state index contributed by atoms with van der Waals surface area (Å²) < 4.78 is 6.55. The van der Waals surface area contributed by atoms with Gasteiger partial charge in [-0.1, -0.05) is 45.8 Å². The van der Waals surface area contributed by atoms with Crippen molar-refractivity contribution in [3.63, 3.8) is 0 Å². The van der Waals surface area contributed by atoms with E-state index in [9.17, 15) is 4.79 Å². The number of hydrogen-bond acceptors (Lipinski definition) is 4. The van der Waals surface area contributed by atoms with Gasteiger partial charge in [-0.25, -0.2) is 4.98 Å². The van der Waals surface area contributed by atoms with Gasteiger partial charge in [0.2, 0.25) is 0 Å². The van der Waals surface area contributed by atoms with E-state index in [2.05, 4.69) is 26.2 Å². The fraction of sp³-hybridized carbons (Fsp3) is 0.0526. The number of furan rings is 1. The van der Waals surface area contributed by atoms with Crippen LogP contribution in [0.1, 0.15) is 16.1 Å². The average Bonchev–Trinajstić information content (AvgIpc) is 3.22. The number of amides is 1. The number of carbonyl (C=O) groups is 1. The van der Waals surface area contributed by atoms with Crippen LogP contribution in [0.4, 0.5) is 5.13 Å². The fourth-order valence-electron chi connectivity index (χ4n) is 2.47. The predicted octanol–water partition coefficient (Wildman–Crippen LogP) is 5.88. The minimum absolute atomic E-state index is 0.264. The molecule has 0 radical (unpaired) electrons. The van der Waals surface area contributed by atoms with E-state index in [-0.39, 0.29) is 11.7 Å². The summed E-state index contributed by atoms with van der Waals surface area (Å²) in [6, 6.07) is 15.5. The van der Waals surface area contributed by atoms with Crippen LogP contribution in [0.5, 0.6) is 0 Å². The molecule has 0 bridgehead atoms. The van der Waals surface area contributed by atoms with Crippen molar-refractivity contribution in [3.8, 4) is 11.3 Å². The van der Waals surface area contributed by atoms with Crippen molar-refractivity contribution < 1.29 is 9.21 Å². The summed E-state index contributed by atoms with van der Waals surface area (Å²) >= 11 is 4.80. The smallest absolute Gasteiger partial charge is 0.293 e. The molecule has 1 N–H and O–H groups in total. The summed E-state index contributed by atoms with van der Waals surface area (Å²) in [7, 11) is 0. The highest BCUT2D eigenvalue weighted by Crippen LogP contribution is 2.27. The monoisotopic (exact) mass is 412 g/mol. The molecule has 6 heteroatoms. The number of rotatable bonds is 3. The van der Waals surface area contributed by atoms with Gasteiger partial charge in [0.05, 0.1) is 5.69 Å². The van der Waals surface area contributed by atoms with Crippen molar-refractivity contribution in [2.75, 3.05) is 5.32 Å². The molecule has 0 aliphatic heterocycles. The Hall–Kier alpha value is -2.44. The molecule has 0 fully saturated rings. The predicted molar refractivity (Wildman–Crippen MR) is 104 cm³/mol. The molecule has 2 aromatic carbocycles. The van der Waals surface area contributed by atoms with Crippen LogP contribution in [0.25, 0.3) is 22.2 Å². The Kier molecular flexibility index (Phi) is 4.15. The van der Waals surface area contributed by atoms with Crippen LogP contribution in [0, 0.1) is 6.92 Å². The molecule has 0 saturated carbocycles. The molecule has 4 nitrogen and oxygen atoms in total. The molecule has 2 aromatic heterocycles. The van der Waals surface area contributed by atoms with Crippen molar-refractivity contribution in [1.29, 1.82) is 0 Å². The lowest BCUT2D eigenvalue weighted by Crippen LogP contribution is -2.10. The first-order valence-corrected chi connectivity index (χ1v) is 9.29. The Morgan fingerprint density at radius 3 is 2.76 bits per heavy atom. The number of carbonyl (C=O) groups excluding carboxylic acids is 1. The van der Waals surface area contributed by atoms with Gasteiger partial charge in [-0.2, -0.15) is 0 Å². The van der Waals surface area contributed by atoms with Crippen LogP contribution in [-0.4, -0.2) is 10.9 Å². The Morgan fingerprint density at radius 2 is 1.96 bits per heavy atom. The van der Waals surface area contributed by atoms with E-state index in [0.29, 0.717) is 10.7 Å². The standard InChI is InChI=1S/C19H13BrN2O2S/c1-11-2-4-12(5-3-11)15-10-25-19(21-15)22-18(23)17-9-13-8-14(20)6-7-16(13)24-17/h2-10H,1H3,(H,21,22,23). The molecular formula is C19H13BrN2O2S. The molecule has 0 aliphatic carbocycles. The van der Waals surface area contributed by atoms with Crippen LogP contribution >= 0.6 is 27.3 Å². The van der Waals surface area contributed by atoms with Gasteiger partial charge >= 0.3 is 0 Å². The third kappa shape index (κ3) is 3.36. The maximum Gasteiger partial charge on any atom is 0.293 e. The quantitative estimate of drug-likeness (QED) is 0.456. The van der Waals surface area contributed by atoms with E-state index in [4.69, 9.17) is 4.42 Å². The van der Waals surface area contributed by atoms with Crippen LogP contribution in [0.15, 0.2) is 62.8 Å². The zero-order chi connectivity index (χ0) is 17.4. The lowest BCUT2D eigenvalue weighted by molar-refractivity contribution is 0.0998. The van der Waals surface area contributed by atoms with E-state index < -0.39 is 0 Å². The molecule has 0 unspecified atom stereocenters. The van der Waals surface area contributed by atoms with Crippen molar-refractivity contribution in [2.24, 2.45) is 0 Å². The second-order valence-electron chi connectivity index (χ2n) is 5.65. The number of halogens is 1. The number of hydrogen-bond donors (Lipinski definition) is 1. The molecule has 4 rings (SSSR count). The first-order valence-electron chi connectivity index (χ1n) is 7.61. The minimum atomic E-state index is -0.308. The lowest BCUT2D eigenvalue weighted by Gasteiger charge is -1.98. The van der Waals surface area contributed by atoms with Gasteiger partial charge in [0.25, 0.3) is 5.91 Å².